The first kappa shape index (κ1) is 18.7. The minimum absolute atomic E-state index is 0.184. The minimum Gasteiger partial charge on any atom is -0.363 e. The number of sulfonamides is 1. The van der Waals surface area contributed by atoms with Gasteiger partial charge in [-0.3, -0.25) is 10.1 Å². The molecule has 1 aliphatic heterocycles. The van der Waals surface area contributed by atoms with E-state index in [9.17, 15) is 22.9 Å². The molecule has 0 amide bonds. The highest BCUT2D eigenvalue weighted by atomic mass is 79.9. The van der Waals surface area contributed by atoms with Gasteiger partial charge < -0.3 is 4.90 Å². The molecule has 10 heteroatoms. The topological polar surface area (TPSA) is 83.8 Å². The summed E-state index contributed by atoms with van der Waals surface area (Å²) in [5, 5.41) is 11.2. The van der Waals surface area contributed by atoms with Gasteiger partial charge in [0.2, 0.25) is 10.0 Å². The van der Waals surface area contributed by atoms with Crippen molar-refractivity contribution >= 4 is 37.3 Å². The highest BCUT2D eigenvalue weighted by Gasteiger charge is 2.30. The second-order valence-corrected chi connectivity index (χ2v) is 8.59. The van der Waals surface area contributed by atoms with Gasteiger partial charge in [-0.2, -0.15) is 4.31 Å². The Morgan fingerprint density at radius 2 is 1.77 bits per heavy atom. The molecule has 0 bridgehead atoms. The fourth-order valence-corrected chi connectivity index (χ4v) is 4.88. The van der Waals surface area contributed by atoms with Crippen molar-refractivity contribution in [3.8, 4) is 0 Å². The molecule has 0 atom stereocenters. The van der Waals surface area contributed by atoms with Crippen LogP contribution in [0.2, 0.25) is 0 Å². The van der Waals surface area contributed by atoms with E-state index >= 15 is 0 Å². The smallest absolute Gasteiger partial charge is 0.295 e. The molecule has 0 radical (unpaired) electrons. The monoisotopic (exact) mass is 443 g/mol. The van der Waals surface area contributed by atoms with E-state index in [1.54, 1.807) is 17.0 Å². The molecule has 0 aromatic heterocycles. The summed E-state index contributed by atoms with van der Waals surface area (Å²) in [7, 11) is -3.64. The first-order valence-electron chi connectivity index (χ1n) is 7.73. The number of piperazine rings is 1. The molecule has 1 heterocycles. The maximum Gasteiger partial charge on any atom is 0.295 e. The molecule has 1 saturated heterocycles. The summed E-state index contributed by atoms with van der Waals surface area (Å²) in [6, 6.07) is 9.84. The van der Waals surface area contributed by atoms with Gasteiger partial charge in [-0.15, -0.1) is 0 Å². The summed E-state index contributed by atoms with van der Waals surface area (Å²) in [4.78, 5) is 12.4. The molecular formula is C16H15BrFN3O4S. The van der Waals surface area contributed by atoms with Crippen molar-refractivity contribution in [2.45, 2.75) is 4.90 Å². The molecule has 2 aromatic rings. The summed E-state index contributed by atoms with van der Waals surface area (Å²) >= 11 is 3.26. The number of hydrogen-bond acceptors (Lipinski definition) is 5. The van der Waals surface area contributed by atoms with Crippen molar-refractivity contribution in [3.63, 3.8) is 0 Å². The van der Waals surface area contributed by atoms with Crippen LogP contribution in [0.25, 0.3) is 0 Å². The van der Waals surface area contributed by atoms with Gasteiger partial charge in [0, 0.05) is 30.7 Å². The molecule has 26 heavy (non-hydrogen) atoms. The highest BCUT2D eigenvalue weighted by Crippen LogP contribution is 2.30. The summed E-state index contributed by atoms with van der Waals surface area (Å²) in [6.45, 7) is 0.923. The van der Waals surface area contributed by atoms with Crippen LogP contribution in [0.1, 0.15) is 0 Å². The molecule has 1 aliphatic rings. The number of nitro benzene ring substituents is 1. The van der Waals surface area contributed by atoms with Crippen molar-refractivity contribution in [1.29, 1.82) is 0 Å². The van der Waals surface area contributed by atoms with Crippen molar-refractivity contribution in [1.82, 2.24) is 4.31 Å². The van der Waals surface area contributed by atoms with Crippen LogP contribution in [0.5, 0.6) is 0 Å². The summed E-state index contributed by atoms with van der Waals surface area (Å²) in [5.41, 5.74) is -0.0378. The van der Waals surface area contributed by atoms with Gasteiger partial charge in [0.25, 0.3) is 5.69 Å². The fourth-order valence-electron chi connectivity index (χ4n) is 2.86. The Morgan fingerprint density at radius 1 is 1.08 bits per heavy atom. The van der Waals surface area contributed by atoms with Gasteiger partial charge in [0.1, 0.15) is 11.5 Å². The van der Waals surface area contributed by atoms with Gasteiger partial charge in [-0.1, -0.05) is 22.0 Å². The van der Waals surface area contributed by atoms with E-state index in [0.717, 1.165) is 12.1 Å². The predicted molar refractivity (Wildman–Crippen MR) is 98.2 cm³/mol. The van der Waals surface area contributed by atoms with Crippen molar-refractivity contribution in [3.05, 3.63) is 62.9 Å². The van der Waals surface area contributed by atoms with E-state index in [1.165, 1.54) is 22.5 Å². The number of rotatable bonds is 4. The predicted octanol–water partition coefficient (Wildman–Crippen LogP) is 3.01. The summed E-state index contributed by atoms with van der Waals surface area (Å²) in [5.74, 6) is -0.684. The summed E-state index contributed by atoms with van der Waals surface area (Å²) in [6.07, 6.45) is 0. The Hall–Kier alpha value is -2.04. The SMILES string of the molecule is O=[N+]([O-])c1cc(F)ccc1N1CCN(S(=O)(=O)c2cccc(Br)c2)CC1. The molecule has 0 N–H and O–H groups in total. The Bertz CT molecular complexity index is 946. The van der Waals surface area contributed by atoms with Gasteiger partial charge in [-0.05, 0) is 30.3 Å². The average molecular weight is 444 g/mol. The molecule has 0 saturated carbocycles. The first-order chi connectivity index (χ1) is 12.3. The number of anilines is 1. The van der Waals surface area contributed by atoms with E-state index in [-0.39, 0.29) is 42.4 Å². The van der Waals surface area contributed by atoms with Gasteiger partial charge in [0.05, 0.1) is 15.9 Å². The van der Waals surface area contributed by atoms with Crippen LogP contribution in [0, 0.1) is 15.9 Å². The standard InChI is InChI=1S/C16H15BrFN3O4S/c17-12-2-1-3-14(10-12)26(24,25)20-8-6-19(7-9-20)15-5-4-13(18)11-16(15)21(22)23/h1-5,10-11H,6-9H2. The quantitative estimate of drug-likeness (QED) is 0.535. The molecule has 0 spiro atoms. The number of halogens is 2. The van der Waals surface area contributed by atoms with Crippen LogP contribution < -0.4 is 4.90 Å². The maximum absolute atomic E-state index is 13.3. The number of nitrogens with zero attached hydrogens (tertiary/aromatic N) is 3. The maximum atomic E-state index is 13.3. The van der Waals surface area contributed by atoms with Crippen molar-refractivity contribution in [2.24, 2.45) is 0 Å². The van der Waals surface area contributed by atoms with Gasteiger partial charge in [-0.25, -0.2) is 12.8 Å². The van der Waals surface area contributed by atoms with Crippen LogP contribution in [-0.2, 0) is 10.0 Å². The number of hydrogen-bond donors (Lipinski definition) is 0. The Balaban J connectivity index is 1.79. The molecule has 7 nitrogen and oxygen atoms in total. The molecule has 0 aliphatic carbocycles. The second kappa shape index (κ2) is 7.29. The molecule has 3 rings (SSSR count). The zero-order valence-corrected chi connectivity index (χ0v) is 15.9. The van der Waals surface area contributed by atoms with Crippen molar-refractivity contribution in [2.75, 3.05) is 31.1 Å². The fraction of sp³-hybridized carbons (Fsp3) is 0.250. The second-order valence-electron chi connectivity index (χ2n) is 5.74. The van der Waals surface area contributed by atoms with Crippen LogP contribution in [0.4, 0.5) is 15.8 Å². The highest BCUT2D eigenvalue weighted by molar-refractivity contribution is 9.10. The lowest BCUT2D eigenvalue weighted by atomic mass is 10.2. The normalized spacial score (nSPS) is 15.8. The zero-order valence-electron chi connectivity index (χ0n) is 13.5. The van der Waals surface area contributed by atoms with E-state index < -0.39 is 20.8 Å². The van der Waals surface area contributed by atoms with Gasteiger partial charge in [0.15, 0.2) is 0 Å². The van der Waals surface area contributed by atoms with Crippen LogP contribution in [0.3, 0.4) is 0 Å². The van der Waals surface area contributed by atoms with E-state index in [4.69, 9.17) is 0 Å². The third-order valence-electron chi connectivity index (χ3n) is 4.15. The van der Waals surface area contributed by atoms with Crippen molar-refractivity contribution < 1.29 is 17.7 Å². The van der Waals surface area contributed by atoms with Crippen LogP contribution >= 0.6 is 15.9 Å². The minimum atomic E-state index is -3.64. The Morgan fingerprint density at radius 3 is 2.38 bits per heavy atom. The Kier molecular flexibility index (Phi) is 5.26. The van der Waals surface area contributed by atoms with E-state index in [2.05, 4.69) is 15.9 Å². The number of nitro groups is 1. The Labute approximate surface area is 158 Å². The van der Waals surface area contributed by atoms with Crippen LogP contribution in [-0.4, -0.2) is 43.8 Å². The first-order valence-corrected chi connectivity index (χ1v) is 9.97. The summed E-state index contributed by atoms with van der Waals surface area (Å²) < 4.78 is 40.8. The molecule has 138 valence electrons. The lowest BCUT2D eigenvalue weighted by molar-refractivity contribution is -0.384. The van der Waals surface area contributed by atoms with E-state index in [0.29, 0.717) is 4.47 Å². The molecule has 2 aromatic carbocycles. The number of benzene rings is 2. The lowest BCUT2D eigenvalue weighted by Gasteiger charge is -2.35. The third kappa shape index (κ3) is 3.71. The van der Waals surface area contributed by atoms with E-state index in [1.807, 2.05) is 0 Å². The molecular weight excluding hydrogens is 429 g/mol. The molecule has 1 fully saturated rings. The average Bonchev–Trinajstić information content (AvgIpc) is 2.61. The third-order valence-corrected chi connectivity index (χ3v) is 6.54. The zero-order chi connectivity index (χ0) is 18.9. The lowest BCUT2D eigenvalue weighted by Crippen LogP contribution is -2.48. The van der Waals surface area contributed by atoms with Crippen LogP contribution in [0.15, 0.2) is 51.8 Å². The van der Waals surface area contributed by atoms with Gasteiger partial charge >= 0.3 is 0 Å². The molecule has 0 unspecified atom stereocenters. The largest absolute Gasteiger partial charge is 0.363 e.